The fourth-order valence-corrected chi connectivity index (χ4v) is 0.480. The van der Waals surface area contributed by atoms with E-state index in [0.717, 1.165) is 6.42 Å². The third-order valence-corrected chi connectivity index (χ3v) is 0.867. The first-order valence-corrected chi connectivity index (χ1v) is 2.12. The van der Waals surface area contributed by atoms with Crippen molar-refractivity contribution < 1.29 is 26.2 Å². The Hall–Kier alpha value is 0.943. The summed E-state index contributed by atoms with van der Waals surface area (Å²) in [5, 5.41) is 0. The largest absolute Gasteiger partial charge is 0.273 e. The Labute approximate surface area is 87.7 Å². The third kappa shape index (κ3) is 6.83. The van der Waals surface area contributed by atoms with Crippen LogP contribution in [0.5, 0.6) is 0 Å². The van der Waals surface area contributed by atoms with Gasteiger partial charge in [-0.15, -0.1) is 31.2 Å². The molecule has 0 amide bonds. The van der Waals surface area contributed by atoms with Crippen molar-refractivity contribution in [3.05, 3.63) is 23.8 Å². The van der Waals surface area contributed by atoms with Crippen LogP contribution in [0.2, 0.25) is 0 Å². The zero-order chi connectivity index (χ0) is 4.41. The van der Waals surface area contributed by atoms with Crippen LogP contribution in [0.4, 0.5) is 0 Å². The molecule has 0 aliphatic heterocycles. The van der Waals surface area contributed by atoms with Crippen LogP contribution in [0.25, 0.3) is 0 Å². The Morgan fingerprint density at radius 3 is 2.11 bits per heavy atom. The van der Waals surface area contributed by atoms with Crippen molar-refractivity contribution in [2.24, 2.45) is 0 Å². The maximum atomic E-state index is 3.05. The second-order valence-corrected chi connectivity index (χ2v) is 1.56. The summed E-state index contributed by atoms with van der Waals surface area (Å²) in [6, 6.07) is 0. The van der Waals surface area contributed by atoms with E-state index in [1.165, 1.54) is 5.57 Å². The average Bonchev–Trinajstić information content (AvgIpc) is 1.86. The number of allylic oxidation sites excluding steroid dienone is 4. The molecular weight excluding hydrogens is 234 g/mol. The molecule has 0 N–H and O–H groups in total. The van der Waals surface area contributed by atoms with Gasteiger partial charge in [-0.2, -0.15) is 5.57 Å². The second kappa shape index (κ2) is 8.94. The molecule has 9 heavy (non-hydrogen) atoms. The van der Waals surface area contributed by atoms with E-state index in [2.05, 4.69) is 19.1 Å². The molecule has 0 radical (unpaired) electrons. The van der Waals surface area contributed by atoms with Crippen LogP contribution in [-0.2, 0) is 26.2 Å². The van der Waals surface area contributed by atoms with Crippen molar-refractivity contribution in [3.8, 4) is 0 Å². The number of hydrogen-bond acceptors (Lipinski definition) is 0. The summed E-state index contributed by atoms with van der Waals surface area (Å²) in [4.78, 5) is 0. The normalized spacial score (nSPS) is 12.3. The third-order valence-electron chi connectivity index (χ3n) is 0.867. The van der Waals surface area contributed by atoms with Crippen LogP contribution in [0.15, 0.2) is 17.7 Å². The number of hydrogen-bond donors (Lipinski definition) is 0. The van der Waals surface area contributed by atoms with Gasteiger partial charge in [0.05, 0.1) is 0 Å². The monoisotopic (exact) mass is 241 g/mol. The topological polar surface area (TPSA) is 0 Å². The van der Waals surface area contributed by atoms with E-state index >= 15 is 0 Å². The van der Waals surface area contributed by atoms with Gasteiger partial charge in [-0.3, -0.25) is 6.08 Å². The summed E-state index contributed by atoms with van der Waals surface area (Å²) in [6.07, 6.45) is 8.15. The van der Waals surface area contributed by atoms with E-state index in [1.54, 1.807) is 0 Å². The first-order chi connectivity index (χ1) is 2.89. The molecule has 0 spiro atoms. The zero-order valence-corrected chi connectivity index (χ0v) is 9.27. The van der Waals surface area contributed by atoms with E-state index in [1.807, 2.05) is 6.08 Å². The SMILES string of the molecule is CC1=CC=[C-]C1.Cl.Cl.[Zr]. The second-order valence-electron chi connectivity index (χ2n) is 1.56. The Morgan fingerprint density at radius 1 is 1.44 bits per heavy atom. The van der Waals surface area contributed by atoms with Gasteiger partial charge in [0.15, 0.2) is 0 Å². The van der Waals surface area contributed by atoms with Crippen molar-refractivity contribution in [2.45, 2.75) is 13.3 Å². The molecule has 0 heterocycles. The van der Waals surface area contributed by atoms with Gasteiger partial charge in [0.1, 0.15) is 0 Å². The van der Waals surface area contributed by atoms with Gasteiger partial charge in [-0.25, -0.2) is 12.2 Å². The Bertz CT molecular complexity index is 108. The van der Waals surface area contributed by atoms with Gasteiger partial charge in [0.2, 0.25) is 0 Å². The number of rotatable bonds is 0. The van der Waals surface area contributed by atoms with Crippen molar-refractivity contribution in [3.63, 3.8) is 0 Å². The van der Waals surface area contributed by atoms with E-state index in [4.69, 9.17) is 0 Å². The van der Waals surface area contributed by atoms with Gasteiger partial charge in [0, 0.05) is 26.2 Å². The first kappa shape index (κ1) is 16.5. The minimum Gasteiger partial charge on any atom is -0.273 e. The summed E-state index contributed by atoms with van der Waals surface area (Å²) in [5.41, 5.74) is 1.41. The summed E-state index contributed by atoms with van der Waals surface area (Å²) >= 11 is 0. The molecule has 0 unspecified atom stereocenters. The molecular formula is C6H9Cl2Zr-. The molecule has 52 valence electrons. The first-order valence-electron chi connectivity index (χ1n) is 2.12. The molecule has 1 rings (SSSR count). The van der Waals surface area contributed by atoms with Crippen molar-refractivity contribution >= 4 is 24.8 Å². The van der Waals surface area contributed by atoms with E-state index in [0.29, 0.717) is 0 Å². The number of halogens is 2. The van der Waals surface area contributed by atoms with E-state index in [9.17, 15) is 0 Å². The zero-order valence-electron chi connectivity index (χ0n) is 5.18. The molecule has 0 fully saturated rings. The smallest absolute Gasteiger partial charge is 0 e. The Balaban J connectivity index is -0.000000120. The summed E-state index contributed by atoms with van der Waals surface area (Å²) in [5.74, 6) is 0. The average molecular weight is 243 g/mol. The Morgan fingerprint density at radius 2 is 2.00 bits per heavy atom. The van der Waals surface area contributed by atoms with Gasteiger partial charge in [0.25, 0.3) is 0 Å². The van der Waals surface area contributed by atoms with Gasteiger partial charge in [-0.1, -0.05) is 6.92 Å². The van der Waals surface area contributed by atoms with Crippen molar-refractivity contribution in [2.75, 3.05) is 0 Å². The van der Waals surface area contributed by atoms with Gasteiger partial charge < -0.3 is 0 Å². The summed E-state index contributed by atoms with van der Waals surface area (Å²) < 4.78 is 0. The molecule has 1 aliphatic carbocycles. The van der Waals surface area contributed by atoms with Gasteiger partial charge in [-0.05, 0) is 0 Å². The fourth-order valence-electron chi connectivity index (χ4n) is 0.480. The van der Waals surface area contributed by atoms with Crippen LogP contribution < -0.4 is 0 Å². The van der Waals surface area contributed by atoms with Crippen LogP contribution in [0.3, 0.4) is 0 Å². The molecule has 3 heteroatoms. The molecule has 0 aromatic rings. The minimum atomic E-state index is 0. The molecule has 0 bridgehead atoms. The maximum Gasteiger partial charge on any atom is 0 e. The summed E-state index contributed by atoms with van der Waals surface area (Å²) in [6.45, 7) is 2.11. The Kier molecular flexibility index (Phi) is 16.4. The fraction of sp³-hybridized carbons (Fsp3) is 0.333. The van der Waals surface area contributed by atoms with Crippen LogP contribution in [0, 0.1) is 6.08 Å². The quantitative estimate of drug-likeness (QED) is 0.573. The van der Waals surface area contributed by atoms with Crippen molar-refractivity contribution in [1.29, 1.82) is 0 Å². The molecule has 0 nitrogen and oxygen atoms in total. The molecule has 0 saturated carbocycles. The van der Waals surface area contributed by atoms with Crippen LogP contribution in [0.1, 0.15) is 13.3 Å². The minimum absolute atomic E-state index is 0. The van der Waals surface area contributed by atoms with E-state index < -0.39 is 0 Å². The van der Waals surface area contributed by atoms with Crippen LogP contribution >= 0.6 is 24.8 Å². The standard InChI is InChI=1S/C6H7.2ClH.Zr/c1-6-4-2-3-5-6;;;/h2,4H,5H2,1H3;2*1H;/q-1;;;. The molecule has 0 aromatic heterocycles. The van der Waals surface area contributed by atoms with Gasteiger partial charge >= 0.3 is 0 Å². The maximum absolute atomic E-state index is 3.05. The van der Waals surface area contributed by atoms with Crippen LogP contribution in [-0.4, -0.2) is 0 Å². The molecule has 0 atom stereocenters. The molecule has 0 saturated heterocycles. The molecule has 0 aromatic carbocycles. The molecule has 1 aliphatic rings. The predicted molar refractivity (Wildman–Crippen MR) is 40.7 cm³/mol. The predicted octanol–water partition coefficient (Wildman–Crippen LogP) is 2.54. The van der Waals surface area contributed by atoms with Crippen molar-refractivity contribution in [1.82, 2.24) is 0 Å². The van der Waals surface area contributed by atoms with E-state index in [-0.39, 0.29) is 51.0 Å². The summed E-state index contributed by atoms with van der Waals surface area (Å²) in [7, 11) is 0.